The molecule has 2 rings (SSSR count). The quantitative estimate of drug-likeness (QED) is 0.573. The molecule has 148 valence electrons. The van der Waals surface area contributed by atoms with Gasteiger partial charge in [0.15, 0.2) is 12.4 Å². The van der Waals surface area contributed by atoms with Gasteiger partial charge in [0, 0.05) is 24.3 Å². The highest BCUT2D eigenvalue weighted by Gasteiger charge is 2.12. The first-order valence-corrected chi connectivity index (χ1v) is 8.69. The molecule has 0 aliphatic rings. The number of anilines is 1. The second kappa shape index (κ2) is 12.0. The van der Waals surface area contributed by atoms with Gasteiger partial charge in [0.2, 0.25) is 0 Å². The van der Waals surface area contributed by atoms with Gasteiger partial charge in [0.25, 0.3) is 11.8 Å². The van der Waals surface area contributed by atoms with Gasteiger partial charge in [-0.3, -0.25) is 9.59 Å². The zero-order valence-corrected chi connectivity index (χ0v) is 16.1. The fourth-order valence-corrected chi connectivity index (χ4v) is 2.38. The normalized spacial score (nSPS) is 11.2. The molecule has 1 aromatic heterocycles. The third-order valence-electron chi connectivity index (χ3n) is 3.76. The monoisotopic (exact) mass is 395 g/mol. The first-order valence-electron chi connectivity index (χ1n) is 8.69. The molecule has 4 N–H and O–H groups in total. The van der Waals surface area contributed by atoms with Gasteiger partial charge in [-0.15, -0.1) is 12.4 Å². The molecule has 27 heavy (non-hydrogen) atoms. The van der Waals surface area contributed by atoms with Crippen molar-refractivity contribution in [1.82, 2.24) is 5.32 Å². The van der Waals surface area contributed by atoms with Crippen molar-refractivity contribution < 1.29 is 18.7 Å². The summed E-state index contributed by atoms with van der Waals surface area (Å²) in [5.74, 6) is 0.124. The molecular weight excluding hydrogens is 370 g/mol. The molecule has 1 aromatic carbocycles. The Bertz CT molecular complexity index is 707. The van der Waals surface area contributed by atoms with Crippen LogP contribution >= 0.6 is 12.4 Å². The molecule has 1 atom stereocenters. The van der Waals surface area contributed by atoms with Gasteiger partial charge in [0.1, 0.15) is 5.75 Å². The number of nitrogens with one attached hydrogen (secondary N) is 2. The molecule has 0 bridgehead atoms. The van der Waals surface area contributed by atoms with Gasteiger partial charge < -0.3 is 25.5 Å². The number of unbranched alkanes of at least 4 members (excludes halogenated alkanes) is 1. The zero-order valence-electron chi connectivity index (χ0n) is 15.3. The van der Waals surface area contributed by atoms with E-state index in [9.17, 15) is 9.59 Å². The third kappa shape index (κ3) is 7.72. The van der Waals surface area contributed by atoms with E-state index in [4.69, 9.17) is 14.9 Å². The Morgan fingerprint density at radius 1 is 1.26 bits per heavy atom. The summed E-state index contributed by atoms with van der Waals surface area (Å²) in [6.45, 7) is 2.38. The minimum Gasteiger partial charge on any atom is -0.484 e. The second-order valence-corrected chi connectivity index (χ2v) is 5.89. The van der Waals surface area contributed by atoms with E-state index in [-0.39, 0.29) is 42.6 Å². The smallest absolute Gasteiger partial charge is 0.291 e. The number of carbonyl (C=O) groups is 2. The molecule has 8 heteroatoms. The molecule has 0 aliphatic heterocycles. The molecule has 7 nitrogen and oxygen atoms in total. The highest BCUT2D eigenvalue weighted by atomic mass is 35.5. The number of ether oxygens (including phenoxy) is 1. The average molecular weight is 396 g/mol. The van der Waals surface area contributed by atoms with Crippen molar-refractivity contribution in [3.63, 3.8) is 0 Å². The summed E-state index contributed by atoms with van der Waals surface area (Å²) in [5.41, 5.74) is 6.22. The van der Waals surface area contributed by atoms with Crippen LogP contribution in [-0.2, 0) is 4.79 Å². The van der Waals surface area contributed by atoms with Crippen LogP contribution in [0, 0.1) is 0 Å². The summed E-state index contributed by atoms with van der Waals surface area (Å²) in [7, 11) is 0. The second-order valence-electron chi connectivity index (χ2n) is 5.89. The highest BCUT2D eigenvalue weighted by molar-refractivity contribution is 6.02. The van der Waals surface area contributed by atoms with Crippen LogP contribution in [0.4, 0.5) is 5.69 Å². The summed E-state index contributed by atoms with van der Waals surface area (Å²) in [6.07, 6.45) is 4.36. The summed E-state index contributed by atoms with van der Waals surface area (Å²) in [5, 5.41) is 5.57. The van der Waals surface area contributed by atoms with Gasteiger partial charge in [-0.1, -0.05) is 25.8 Å². The Kier molecular flexibility index (Phi) is 10.00. The van der Waals surface area contributed by atoms with E-state index in [1.165, 1.54) is 6.26 Å². The Hall–Kier alpha value is -2.51. The van der Waals surface area contributed by atoms with Gasteiger partial charge >= 0.3 is 0 Å². The fraction of sp³-hybridized carbons (Fsp3) is 0.368. The van der Waals surface area contributed by atoms with E-state index in [2.05, 4.69) is 17.6 Å². The lowest BCUT2D eigenvalue weighted by Gasteiger charge is -2.16. The van der Waals surface area contributed by atoms with Crippen LogP contribution < -0.4 is 21.1 Å². The Morgan fingerprint density at radius 3 is 2.74 bits per heavy atom. The lowest BCUT2D eigenvalue weighted by atomic mass is 10.1. The molecule has 0 spiro atoms. The number of carbonyl (C=O) groups excluding carboxylic acids is 2. The Balaban J connectivity index is 0.00000364. The number of hydrogen-bond donors (Lipinski definition) is 3. The molecule has 0 aliphatic carbocycles. The van der Waals surface area contributed by atoms with Crippen molar-refractivity contribution in [2.24, 2.45) is 5.73 Å². The van der Waals surface area contributed by atoms with E-state index in [1.54, 1.807) is 36.4 Å². The van der Waals surface area contributed by atoms with Gasteiger partial charge in [-0.2, -0.15) is 0 Å². The van der Waals surface area contributed by atoms with E-state index >= 15 is 0 Å². The zero-order chi connectivity index (χ0) is 18.8. The summed E-state index contributed by atoms with van der Waals surface area (Å²) in [6, 6.07) is 10.00. The minimum atomic E-state index is -0.355. The summed E-state index contributed by atoms with van der Waals surface area (Å²) in [4.78, 5) is 24.0. The topological polar surface area (TPSA) is 107 Å². The summed E-state index contributed by atoms with van der Waals surface area (Å²) >= 11 is 0. The maximum absolute atomic E-state index is 12.0. The van der Waals surface area contributed by atoms with Crippen LogP contribution in [0.3, 0.4) is 0 Å². The Labute approximate surface area is 165 Å². The number of halogens is 1. The number of furan rings is 1. The lowest BCUT2D eigenvalue weighted by molar-refractivity contribution is -0.123. The molecule has 1 unspecified atom stereocenters. The predicted molar refractivity (Wildman–Crippen MR) is 106 cm³/mol. The van der Waals surface area contributed by atoms with Gasteiger partial charge in [-0.25, -0.2) is 0 Å². The van der Waals surface area contributed by atoms with Crippen molar-refractivity contribution in [2.45, 2.75) is 32.2 Å². The van der Waals surface area contributed by atoms with Crippen LogP contribution in [0.2, 0.25) is 0 Å². The van der Waals surface area contributed by atoms with Crippen LogP contribution in [-0.4, -0.2) is 31.0 Å². The molecule has 0 radical (unpaired) electrons. The number of hydrogen-bond acceptors (Lipinski definition) is 5. The average Bonchev–Trinajstić information content (AvgIpc) is 3.18. The van der Waals surface area contributed by atoms with Crippen molar-refractivity contribution in [3.8, 4) is 5.75 Å². The van der Waals surface area contributed by atoms with Crippen molar-refractivity contribution in [3.05, 3.63) is 48.4 Å². The molecule has 0 saturated carbocycles. The minimum absolute atomic E-state index is 0. The van der Waals surface area contributed by atoms with E-state index in [1.807, 2.05) is 0 Å². The third-order valence-corrected chi connectivity index (χ3v) is 3.76. The molecule has 1 heterocycles. The van der Waals surface area contributed by atoms with Gasteiger partial charge in [0.05, 0.1) is 6.26 Å². The van der Waals surface area contributed by atoms with Crippen molar-refractivity contribution >= 4 is 29.9 Å². The van der Waals surface area contributed by atoms with Crippen molar-refractivity contribution in [1.29, 1.82) is 0 Å². The highest BCUT2D eigenvalue weighted by Crippen LogP contribution is 2.18. The van der Waals surface area contributed by atoms with Crippen molar-refractivity contribution in [2.75, 3.05) is 18.5 Å². The maximum Gasteiger partial charge on any atom is 0.291 e. The maximum atomic E-state index is 12.0. The van der Waals surface area contributed by atoms with Crippen LogP contribution in [0.1, 0.15) is 36.7 Å². The standard InChI is InChI=1S/C19H25N3O4.ClH/c1-2-3-6-15(12-20)21-18(23)13-26-16-8-4-7-14(11-16)22-19(24)17-9-5-10-25-17;/h4-5,7-11,15H,2-3,6,12-13,20H2,1H3,(H,21,23)(H,22,24);1H. The molecular formula is C19H26ClN3O4. The number of nitrogens with two attached hydrogens (primary N) is 1. The fourth-order valence-electron chi connectivity index (χ4n) is 2.38. The number of amides is 2. The molecule has 2 aromatic rings. The van der Waals surface area contributed by atoms with Crippen LogP contribution in [0.15, 0.2) is 47.1 Å². The largest absolute Gasteiger partial charge is 0.484 e. The number of rotatable bonds is 10. The van der Waals surface area contributed by atoms with E-state index in [0.717, 1.165) is 19.3 Å². The van der Waals surface area contributed by atoms with Crippen LogP contribution in [0.25, 0.3) is 0 Å². The molecule has 0 saturated heterocycles. The van der Waals surface area contributed by atoms with Gasteiger partial charge in [-0.05, 0) is 30.7 Å². The first-order chi connectivity index (χ1) is 12.6. The SMILES string of the molecule is CCCCC(CN)NC(=O)COc1cccc(NC(=O)c2ccco2)c1.Cl. The predicted octanol–water partition coefficient (Wildman–Crippen LogP) is 2.97. The number of benzene rings is 1. The molecule has 0 fully saturated rings. The Morgan fingerprint density at radius 2 is 2.07 bits per heavy atom. The van der Waals surface area contributed by atoms with E-state index < -0.39 is 0 Å². The van der Waals surface area contributed by atoms with Crippen LogP contribution in [0.5, 0.6) is 5.75 Å². The first kappa shape index (κ1) is 22.5. The van der Waals surface area contributed by atoms with E-state index in [0.29, 0.717) is 18.0 Å². The lowest BCUT2D eigenvalue weighted by Crippen LogP contribution is -2.42. The summed E-state index contributed by atoms with van der Waals surface area (Å²) < 4.78 is 10.5. The molecule has 2 amide bonds.